The number of nitrogens with zero attached hydrogens (tertiary/aromatic N) is 2. The van der Waals surface area contributed by atoms with Gasteiger partial charge in [0, 0.05) is 0 Å². The molecule has 0 amide bonds. The Morgan fingerprint density at radius 3 is 2.58 bits per heavy atom. The van der Waals surface area contributed by atoms with Crippen molar-refractivity contribution in [1.29, 1.82) is 0 Å². The molecule has 10 heteroatoms. The Morgan fingerprint density at radius 2 is 2.16 bits per heavy atom. The van der Waals surface area contributed by atoms with Crippen LogP contribution in [0.2, 0.25) is 0 Å². The molecule has 104 valence electrons. The second-order valence-corrected chi connectivity index (χ2v) is 3.55. The van der Waals surface area contributed by atoms with Crippen LogP contribution in [-0.4, -0.2) is 27.0 Å². The first-order chi connectivity index (χ1) is 8.62. The average Bonchev–Trinajstić information content (AvgIpc) is 2.27. The normalized spacial score (nSPS) is 12.8. The summed E-state index contributed by atoms with van der Waals surface area (Å²) in [5.74, 6) is -1.36. The molecule has 19 heavy (non-hydrogen) atoms. The van der Waals surface area contributed by atoms with Crippen molar-refractivity contribution in [2.75, 3.05) is 5.32 Å². The molecule has 1 rings (SSSR count). The summed E-state index contributed by atoms with van der Waals surface area (Å²) in [6.07, 6.45) is -4.35. The molecule has 0 fully saturated rings. The molecule has 1 aromatic rings. The molecule has 0 aliphatic carbocycles. The highest BCUT2D eigenvalue weighted by Gasteiger charge is 2.34. The van der Waals surface area contributed by atoms with Gasteiger partial charge in [0.1, 0.15) is 23.6 Å². The molecule has 0 spiro atoms. The molecule has 1 atom stereocenters. The number of carbonyl (C=O) groups is 1. The lowest BCUT2D eigenvalue weighted by Gasteiger charge is -2.12. The van der Waals surface area contributed by atoms with E-state index in [1.807, 2.05) is 0 Å². The monoisotopic (exact) mass is 279 g/mol. The SMILES string of the molecule is CC(Nc1cc(C(F)(F)F)ncc1[N+](=O)[O-])C(=O)O. The van der Waals surface area contributed by atoms with Crippen LogP contribution in [0.25, 0.3) is 0 Å². The number of anilines is 1. The van der Waals surface area contributed by atoms with Gasteiger partial charge in [-0.15, -0.1) is 0 Å². The van der Waals surface area contributed by atoms with Gasteiger partial charge >= 0.3 is 17.8 Å². The summed E-state index contributed by atoms with van der Waals surface area (Å²) in [6, 6.07) is -0.889. The van der Waals surface area contributed by atoms with Crippen LogP contribution in [0, 0.1) is 10.1 Å². The van der Waals surface area contributed by atoms with E-state index >= 15 is 0 Å². The molecule has 0 aromatic carbocycles. The van der Waals surface area contributed by atoms with Crippen molar-refractivity contribution in [2.45, 2.75) is 19.1 Å². The minimum atomic E-state index is -4.78. The van der Waals surface area contributed by atoms with Gasteiger partial charge in [0.15, 0.2) is 0 Å². The van der Waals surface area contributed by atoms with Gasteiger partial charge in [-0.1, -0.05) is 0 Å². The number of halogens is 3. The summed E-state index contributed by atoms with van der Waals surface area (Å²) >= 11 is 0. The van der Waals surface area contributed by atoms with E-state index in [1.54, 1.807) is 0 Å². The van der Waals surface area contributed by atoms with Gasteiger partial charge in [-0.05, 0) is 13.0 Å². The molecular weight excluding hydrogens is 271 g/mol. The van der Waals surface area contributed by atoms with Crippen molar-refractivity contribution in [2.24, 2.45) is 0 Å². The molecule has 0 aliphatic heterocycles. The van der Waals surface area contributed by atoms with E-state index in [0.717, 1.165) is 6.92 Å². The van der Waals surface area contributed by atoms with Crippen LogP contribution in [0.4, 0.5) is 24.5 Å². The van der Waals surface area contributed by atoms with Crippen LogP contribution in [-0.2, 0) is 11.0 Å². The molecule has 0 aliphatic rings. The highest BCUT2D eigenvalue weighted by atomic mass is 19.4. The zero-order chi connectivity index (χ0) is 14.8. The van der Waals surface area contributed by atoms with E-state index in [1.165, 1.54) is 0 Å². The largest absolute Gasteiger partial charge is 0.480 e. The van der Waals surface area contributed by atoms with Crippen LogP contribution in [0.3, 0.4) is 0 Å². The quantitative estimate of drug-likeness (QED) is 0.644. The van der Waals surface area contributed by atoms with E-state index in [4.69, 9.17) is 5.11 Å². The Labute approximate surface area is 104 Å². The lowest BCUT2D eigenvalue weighted by molar-refractivity contribution is -0.384. The van der Waals surface area contributed by atoms with Gasteiger partial charge in [0.05, 0.1) is 4.92 Å². The van der Waals surface area contributed by atoms with Crippen molar-refractivity contribution >= 4 is 17.3 Å². The molecule has 0 bridgehead atoms. The first-order valence-corrected chi connectivity index (χ1v) is 4.84. The third kappa shape index (κ3) is 3.53. The second kappa shape index (κ2) is 5.08. The predicted molar refractivity (Wildman–Crippen MR) is 56.6 cm³/mol. The lowest BCUT2D eigenvalue weighted by Crippen LogP contribution is -2.26. The van der Waals surface area contributed by atoms with E-state index in [-0.39, 0.29) is 0 Å². The number of rotatable bonds is 4. The Bertz CT molecular complexity index is 518. The smallest absolute Gasteiger partial charge is 0.433 e. The minimum absolute atomic E-state index is 0.400. The Balaban J connectivity index is 3.23. The number of aliphatic carboxylic acids is 1. The second-order valence-electron chi connectivity index (χ2n) is 3.55. The fourth-order valence-electron chi connectivity index (χ4n) is 1.16. The number of hydrogen-bond acceptors (Lipinski definition) is 5. The Hall–Kier alpha value is -2.39. The highest BCUT2D eigenvalue weighted by Crippen LogP contribution is 2.33. The van der Waals surface area contributed by atoms with Gasteiger partial charge in [-0.25, -0.2) is 4.98 Å². The fraction of sp³-hybridized carbons (Fsp3) is 0.333. The van der Waals surface area contributed by atoms with Gasteiger partial charge in [-0.2, -0.15) is 13.2 Å². The molecule has 7 nitrogen and oxygen atoms in total. The Morgan fingerprint density at radius 1 is 1.58 bits per heavy atom. The number of hydrogen-bond donors (Lipinski definition) is 2. The summed E-state index contributed by atoms with van der Waals surface area (Å²) < 4.78 is 37.3. The van der Waals surface area contributed by atoms with Crippen LogP contribution in [0.5, 0.6) is 0 Å². The van der Waals surface area contributed by atoms with Gasteiger partial charge < -0.3 is 10.4 Å². The number of carboxylic acid groups (broad SMARTS) is 1. The number of carboxylic acids is 1. The zero-order valence-corrected chi connectivity index (χ0v) is 9.43. The number of alkyl halides is 3. The van der Waals surface area contributed by atoms with E-state index < -0.39 is 40.2 Å². The van der Waals surface area contributed by atoms with E-state index in [9.17, 15) is 28.1 Å². The minimum Gasteiger partial charge on any atom is -0.480 e. The maximum atomic E-state index is 12.4. The maximum absolute atomic E-state index is 12.4. The van der Waals surface area contributed by atoms with Gasteiger partial charge in [0.2, 0.25) is 0 Å². The molecule has 0 radical (unpaired) electrons. The van der Waals surface area contributed by atoms with Gasteiger partial charge in [-0.3, -0.25) is 14.9 Å². The molecule has 0 saturated heterocycles. The molecule has 1 unspecified atom stereocenters. The van der Waals surface area contributed by atoms with Crippen molar-refractivity contribution in [3.63, 3.8) is 0 Å². The first kappa shape index (κ1) is 14.7. The molecule has 0 saturated carbocycles. The summed E-state index contributed by atoms with van der Waals surface area (Å²) in [4.78, 5) is 23.2. The maximum Gasteiger partial charge on any atom is 0.433 e. The number of nitrogens with one attached hydrogen (secondary N) is 1. The van der Waals surface area contributed by atoms with Crippen LogP contribution >= 0.6 is 0 Å². The first-order valence-electron chi connectivity index (χ1n) is 4.84. The molecule has 1 aromatic heterocycles. The fourth-order valence-corrected chi connectivity index (χ4v) is 1.16. The summed E-state index contributed by atoms with van der Waals surface area (Å²) in [5, 5.41) is 21.4. The third-order valence-electron chi connectivity index (χ3n) is 2.11. The van der Waals surface area contributed by atoms with Crippen LogP contribution < -0.4 is 5.32 Å². The third-order valence-corrected chi connectivity index (χ3v) is 2.11. The van der Waals surface area contributed by atoms with Crippen molar-refractivity contribution in [3.05, 3.63) is 28.1 Å². The van der Waals surface area contributed by atoms with E-state index in [2.05, 4.69) is 10.3 Å². The predicted octanol–water partition coefficient (Wildman–Crippen LogP) is 1.89. The van der Waals surface area contributed by atoms with E-state index in [0.29, 0.717) is 12.3 Å². The number of nitro groups is 1. The van der Waals surface area contributed by atoms with Crippen molar-refractivity contribution in [3.8, 4) is 0 Å². The molecule has 1 heterocycles. The highest BCUT2D eigenvalue weighted by molar-refractivity contribution is 5.78. The summed E-state index contributed by atoms with van der Waals surface area (Å²) in [5.41, 5.74) is -2.64. The zero-order valence-electron chi connectivity index (χ0n) is 9.43. The summed E-state index contributed by atoms with van der Waals surface area (Å²) in [7, 11) is 0. The standard InChI is InChI=1S/C9H8F3N3O4/c1-4(8(16)17)14-5-2-7(9(10,11)12)13-3-6(5)15(18)19/h2-4H,1H3,(H,13,14)(H,16,17). The average molecular weight is 279 g/mol. The summed E-state index contributed by atoms with van der Waals surface area (Å²) in [6.45, 7) is 1.14. The number of pyridine rings is 1. The molecule has 2 N–H and O–H groups in total. The molecular formula is C9H8F3N3O4. The Kier molecular flexibility index (Phi) is 3.92. The van der Waals surface area contributed by atoms with Gasteiger partial charge in [0.25, 0.3) is 0 Å². The lowest BCUT2D eigenvalue weighted by atomic mass is 10.2. The topological polar surface area (TPSA) is 105 Å². The van der Waals surface area contributed by atoms with Crippen LogP contribution in [0.15, 0.2) is 12.3 Å². The van der Waals surface area contributed by atoms with Crippen LogP contribution in [0.1, 0.15) is 12.6 Å². The van der Waals surface area contributed by atoms with Crippen molar-refractivity contribution in [1.82, 2.24) is 4.98 Å². The van der Waals surface area contributed by atoms with Crippen molar-refractivity contribution < 1.29 is 28.0 Å². The number of aromatic nitrogens is 1.